The second-order valence-corrected chi connectivity index (χ2v) is 3.40. The van der Waals surface area contributed by atoms with Crippen molar-refractivity contribution in [2.24, 2.45) is 0 Å². The molecule has 1 heterocycles. The molecule has 1 aromatic heterocycles. The molecule has 0 saturated carbocycles. The number of aldehydes is 1. The summed E-state index contributed by atoms with van der Waals surface area (Å²) in [6, 6.07) is 3.48. The third kappa shape index (κ3) is 2.47. The fourth-order valence-corrected chi connectivity index (χ4v) is 1.45. The highest BCUT2D eigenvalue weighted by molar-refractivity contribution is 7.13. The molecule has 0 amide bonds. The molecule has 1 rings (SSSR count). The van der Waals surface area contributed by atoms with Crippen LogP contribution in [0.25, 0.3) is 0 Å². The molecule has 0 unspecified atom stereocenters. The summed E-state index contributed by atoms with van der Waals surface area (Å²) in [5.74, 6) is -0.309. The summed E-state index contributed by atoms with van der Waals surface area (Å²) in [6.45, 7) is 1.61. The lowest BCUT2D eigenvalue weighted by molar-refractivity contribution is -0.142. The van der Waals surface area contributed by atoms with E-state index in [2.05, 4.69) is 0 Å². The zero-order valence-electron chi connectivity index (χ0n) is 6.57. The predicted molar refractivity (Wildman–Crippen MR) is 45.2 cm³/mol. The van der Waals surface area contributed by atoms with Crippen LogP contribution in [0.15, 0.2) is 12.1 Å². The van der Waals surface area contributed by atoms with Crippen LogP contribution in [0, 0.1) is 0 Å². The molecule has 0 aliphatic rings. The van der Waals surface area contributed by atoms with Gasteiger partial charge in [-0.1, -0.05) is 0 Å². The van der Waals surface area contributed by atoms with Crippen LogP contribution < -0.4 is 0 Å². The normalized spacial score (nSPS) is 9.42. The number of hydrogen-bond acceptors (Lipinski definition) is 4. The fourth-order valence-electron chi connectivity index (χ4n) is 0.708. The van der Waals surface area contributed by atoms with Gasteiger partial charge < -0.3 is 4.74 Å². The van der Waals surface area contributed by atoms with Gasteiger partial charge in [0, 0.05) is 11.8 Å². The molecule has 0 spiro atoms. The number of thiophene rings is 1. The van der Waals surface area contributed by atoms with Crippen molar-refractivity contribution in [2.75, 3.05) is 0 Å². The Balaban J connectivity index is 2.52. The Morgan fingerprint density at radius 2 is 2.42 bits per heavy atom. The lowest BCUT2D eigenvalue weighted by Crippen LogP contribution is -1.96. The zero-order chi connectivity index (χ0) is 8.97. The lowest BCUT2D eigenvalue weighted by Gasteiger charge is -1.96. The third-order valence-electron chi connectivity index (χ3n) is 1.22. The molecule has 0 N–H and O–H groups in total. The van der Waals surface area contributed by atoms with Crippen LogP contribution in [-0.4, -0.2) is 12.3 Å². The van der Waals surface area contributed by atoms with E-state index in [0.29, 0.717) is 4.88 Å². The van der Waals surface area contributed by atoms with Crippen LogP contribution in [0.4, 0.5) is 0 Å². The van der Waals surface area contributed by atoms with Crippen molar-refractivity contribution >= 4 is 23.6 Å². The maximum Gasteiger partial charge on any atom is 0.302 e. The third-order valence-corrected chi connectivity index (χ3v) is 2.20. The van der Waals surface area contributed by atoms with E-state index in [0.717, 1.165) is 11.2 Å². The Labute approximate surface area is 74.0 Å². The Morgan fingerprint density at radius 1 is 1.67 bits per heavy atom. The van der Waals surface area contributed by atoms with Crippen molar-refractivity contribution in [3.05, 3.63) is 21.9 Å². The molecule has 0 fully saturated rings. The number of rotatable bonds is 3. The molecule has 3 nitrogen and oxygen atoms in total. The molecule has 0 aliphatic carbocycles. The van der Waals surface area contributed by atoms with Gasteiger partial charge in [0.05, 0.1) is 4.88 Å². The van der Waals surface area contributed by atoms with Gasteiger partial charge in [0.2, 0.25) is 0 Å². The topological polar surface area (TPSA) is 43.4 Å². The zero-order valence-corrected chi connectivity index (χ0v) is 7.39. The minimum atomic E-state index is -0.309. The standard InChI is InChI=1S/C8H8O3S/c1-6(10)11-5-8-3-2-7(4-9)12-8/h2-4H,5H2,1H3. The summed E-state index contributed by atoms with van der Waals surface area (Å²) >= 11 is 1.33. The van der Waals surface area contributed by atoms with E-state index in [1.807, 2.05) is 0 Å². The van der Waals surface area contributed by atoms with Crippen LogP contribution in [0.2, 0.25) is 0 Å². The van der Waals surface area contributed by atoms with E-state index >= 15 is 0 Å². The molecule has 64 valence electrons. The fraction of sp³-hybridized carbons (Fsp3) is 0.250. The van der Waals surface area contributed by atoms with Gasteiger partial charge in [0.1, 0.15) is 6.61 Å². The quantitative estimate of drug-likeness (QED) is 0.529. The van der Waals surface area contributed by atoms with Gasteiger partial charge in [0.15, 0.2) is 6.29 Å². The smallest absolute Gasteiger partial charge is 0.302 e. The molecule has 0 radical (unpaired) electrons. The molecule has 0 aliphatic heterocycles. The van der Waals surface area contributed by atoms with Crippen molar-refractivity contribution < 1.29 is 14.3 Å². The molecule has 12 heavy (non-hydrogen) atoms. The summed E-state index contributed by atoms with van der Waals surface area (Å²) in [7, 11) is 0. The SMILES string of the molecule is CC(=O)OCc1ccc(C=O)s1. The summed E-state index contributed by atoms with van der Waals surface area (Å²) in [4.78, 5) is 22.2. The van der Waals surface area contributed by atoms with Crippen LogP contribution >= 0.6 is 11.3 Å². The molecule has 0 atom stereocenters. The second-order valence-electron chi connectivity index (χ2n) is 2.20. The Bertz CT molecular complexity index is 290. The van der Waals surface area contributed by atoms with Gasteiger partial charge in [-0.2, -0.15) is 0 Å². The van der Waals surface area contributed by atoms with E-state index in [1.165, 1.54) is 18.3 Å². The van der Waals surface area contributed by atoms with Crippen molar-refractivity contribution in [1.82, 2.24) is 0 Å². The average Bonchev–Trinajstić information content (AvgIpc) is 2.48. The number of esters is 1. The van der Waals surface area contributed by atoms with Gasteiger partial charge in [-0.3, -0.25) is 9.59 Å². The lowest BCUT2D eigenvalue weighted by atomic mass is 10.4. The van der Waals surface area contributed by atoms with Gasteiger partial charge in [-0.05, 0) is 12.1 Å². The maximum atomic E-state index is 10.4. The maximum absolute atomic E-state index is 10.4. The predicted octanol–water partition coefficient (Wildman–Crippen LogP) is 1.62. The largest absolute Gasteiger partial charge is 0.460 e. The number of ether oxygens (including phenoxy) is 1. The van der Waals surface area contributed by atoms with E-state index < -0.39 is 0 Å². The van der Waals surface area contributed by atoms with Crippen LogP contribution in [0.3, 0.4) is 0 Å². The summed E-state index contributed by atoms with van der Waals surface area (Å²) < 4.78 is 4.74. The van der Waals surface area contributed by atoms with Gasteiger partial charge in [0.25, 0.3) is 0 Å². The van der Waals surface area contributed by atoms with E-state index in [4.69, 9.17) is 4.74 Å². The molecule has 0 aromatic carbocycles. The van der Waals surface area contributed by atoms with E-state index in [1.54, 1.807) is 12.1 Å². The highest BCUT2D eigenvalue weighted by atomic mass is 32.1. The first kappa shape index (κ1) is 8.93. The molecular weight excluding hydrogens is 176 g/mol. The van der Waals surface area contributed by atoms with Crippen LogP contribution in [0.1, 0.15) is 21.5 Å². The molecular formula is C8H8O3S. The molecule has 0 bridgehead atoms. The molecule has 1 aromatic rings. The number of carbonyl (C=O) groups excluding carboxylic acids is 2. The molecule has 4 heteroatoms. The van der Waals surface area contributed by atoms with Crippen molar-refractivity contribution in [1.29, 1.82) is 0 Å². The number of carbonyl (C=O) groups is 2. The Morgan fingerprint density at radius 3 is 2.92 bits per heavy atom. The van der Waals surface area contributed by atoms with E-state index in [-0.39, 0.29) is 12.6 Å². The first-order valence-corrected chi connectivity index (χ1v) is 4.21. The van der Waals surface area contributed by atoms with Crippen LogP contribution in [0.5, 0.6) is 0 Å². The minimum absolute atomic E-state index is 0.258. The van der Waals surface area contributed by atoms with Crippen molar-refractivity contribution in [3.63, 3.8) is 0 Å². The second kappa shape index (κ2) is 4.01. The summed E-state index contributed by atoms with van der Waals surface area (Å²) in [5.41, 5.74) is 0. The molecule has 0 saturated heterocycles. The van der Waals surface area contributed by atoms with Crippen LogP contribution in [-0.2, 0) is 16.1 Å². The van der Waals surface area contributed by atoms with Crippen molar-refractivity contribution in [3.8, 4) is 0 Å². The average molecular weight is 184 g/mol. The van der Waals surface area contributed by atoms with Gasteiger partial charge >= 0.3 is 5.97 Å². The summed E-state index contributed by atoms with van der Waals surface area (Å²) in [6.07, 6.45) is 0.780. The number of hydrogen-bond donors (Lipinski definition) is 0. The summed E-state index contributed by atoms with van der Waals surface area (Å²) in [5, 5.41) is 0. The first-order chi connectivity index (χ1) is 5.72. The van der Waals surface area contributed by atoms with Gasteiger partial charge in [-0.25, -0.2) is 0 Å². The monoisotopic (exact) mass is 184 g/mol. The Kier molecular flexibility index (Phi) is 2.99. The highest BCUT2D eigenvalue weighted by Gasteiger charge is 2.00. The Hall–Kier alpha value is -1.16. The van der Waals surface area contributed by atoms with Crippen molar-refractivity contribution in [2.45, 2.75) is 13.5 Å². The highest BCUT2D eigenvalue weighted by Crippen LogP contribution is 2.15. The van der Waals surface area contributed by atoms with Gasteiger partial charge in [-0.15, -0.1) is 11.3 Å². The minimum Gasteiger partial charge on any atom is -0.460 e. The first-order valence-electron chi connectivity index (χ1n) is 3.39. The van der Waals surface area contributed by atoms with E-state index in [9.17, 15) is 9.59 Å².